The summed E-state index contributed by atoms with van der Waals surface area (Å²) in [6, 6.07) is 21.9. The Kier molecular flexibility index (Phi) is 14.1. The molecular weight excluding hydrogens is 524 g/mol. The van der Waals surface area contributed by atoms with E-state index in [1.165, 1.54) is 38.5 Å². The molecule has 0 spiro atoms. The summed E-state index contributed by atoms with van der Waals surface area (Å²) in [4.78, 5) is 25.1. The normalized spacial score (nSPS) is 11.7. The lowest BCUT2D eigenvalue weighted by atomic mass is 10.0. The molecule has 0 N–H and O–H groups in total. The van der Waals surface area contributed by atoms with Gasteiger partial charge in [0.15, 0.2) is 0 Å². The molecule has 0 aliphatic carbocycles. The molecule has 3 aromatic carbocycles. The number of unbranched alkanes of at least 4 members (excludes halogenated alkanes) is 6. The number of benzene rings is 3. The van der Waals surface area contributed by atoms with Crippen LogP contribution in [-0.2, 0) is 4.74 Å². The van der Waals surface area contributed by atoms with E-state index in [2.05, 4.69) is 20.8 Å². The summed E-state index contributed by atoms with van der Waals surface area (Å²) in [5.74, 6) is 1.07. The van der Waals surface area contributed by atoms with Crippen molar-refractivity contribution in [2.45, 2.75) is 98.0 Å². The number of rotatable bonds is 18. The van der Waals surface area contributed by atoms with Gasteiger partial charge in [-0.1, -0.05) is 90.0 Å². The minimum Gasteiger partial charge on any atom is -0.494 e. The van der Waals surface area contributed by atoms with Crippen molar-refractivity contribution in [3.05, 3.63) is 83.9 Å². The predicted molar refractivity (Wildman–Crippen MR) is 170 cm³/mol. The van der Waals surface area contributed by atoms with Crippen LogP contribution in [0.1, 0.15) is 113 Å². The lowest BCUT2D eigenvalue weighted by Gasteiger charge is -2.14. The van der Waals surface area contributed by atoms with Crippen LogP contribution in [0.15, 0.2) is 72.8 Å². The molecule has 0 amide bonds. The van der Waals surface area contributed by atoms with Gasteiger partial charge in [0.25, 0.3) is 0 Å². The van der Waals surface area contributed by atoms with Gasteiger partial charge in [0.2, 0.25) is 0 Å². The highest BCUT2D eigenvalue weighted by Crippen LogP contribution is 2.24. The van der Waals surface area contributed by atoms with Crippen LogP contribution < -0.4 is 9.47 Å². The van der Waals surface area contributed by atoms with Gasteiger partial charge in [-0.05, 0) is 91.8 Å². The summed E-state index contributed by atoms with van der Waals surface area (Å²) >= 11 is 0. The summed E-state index contributed by atoms with van der Waals surface area (Å²) in [5.41, 5.74) is 2.94. The molecular formula is C37H48O5. The van der Waals surface area contributed by atoms with Crippen LogP contribution in [0.5, 0.6) is 11.5 Å². The van der Waals surface area contributed by atoms with E-state index in [1.54, 1.807) is 36.4 Å². The molecule has 0 saturated carbocycles. The van der Waals surface area contributed by atoms with Crippen LogP contribution in [0.25, 0.3) is 11.1 Å². The maximum Gasteiger partial charge on any atom is 0.343 e. The molecule has 5 heteroatoms. The molecule has 0 aliphatic heterocycles. The van der Waals surface area contributed by atoms with E-state index < -0.39 is 5.97 Å². The predicted octanol–water partition coefficient (Wildman–Crippen LogP) is 10.1. The van der Waals surface area contributed by atoms with E-state index in [9.17, 15) is 9.59 Å². The molecule has 5 nitrogen and oxygen atoms in total. The van der Waals surface area contributed by atoms with E-state index in [0.717, 1.165) is 49.2 Å². The molecule has 0 aliphatic rings. The van der Waals surface area contributed by atoms with Crippen molar-refractivity contribution in [1.29, 1.82) is 0 Å². The zero-order chi connectivity index (χ0) is 30.2. The Labute approximate surface area is 252 Å². The van der Waals surface area contributed by atoms with Gasteiger partial charge in [-0.15, -0.1) is 0 Å². The third kappa shape index (κ3) is 11.7. The SMILES string of the molecule is CCCCCCCCCOc1ccc(-c2ccc(C(=O)Oc3ccc(C(=O)O[C@H](C)CCCC(C)C)cc3)cc2)cc1. The topological polar surface area (TPSA) is 61.8 Å². The smallest absolute Gasteiger partial charge is 0.343 e. The fourth-order valence-electron chi connectivity index (χ4n) is 4.74. The first kappa shape index (κ1) is 32.9. The summed E-state index contributed by atoms with van der Waals surface area (Å²) < 4.78 is 17.0. The zero-order valence-electron chi connectivity index (χ0n) is 25.9. The molecule has 0 aromatic heterocycles. The van der Waals surface area contributed by atoms with Crippen molar-refractivity contribution in [2.75, 3.05) is 6.61 Å². The summed E-state index contributed by atoms with van der Waals surface area (Å²) in [7, 11) is 0. The maximum atomic E-state index is 12.7. The van der Waals surface area contributed by atoms with E-state index in [1.807, 2.05) is 43.3 Å². The molecule has 0 heterocycles. The number of hydrogen-bond donors (Lipinski definition) is 0. The third-order valence-electron chi connectivity index (χ3n) is 7.33. The van der Waals surface area contributed by atoms with E-state index in [4.69, 9.17) is 14.2 Å². The molecule has 0 bridgehead atoms. The Morgan fingerprint density at radius 2 is 1.12 bits per heavy atom. The van der Waals surface area contributed by atoms with Crippen molar-refractivity contribution >= 4 is 11.9 Å². The first-order chi connectivity index (χ1) is 20.4. The Morgan fingerprint density at radius 3 is 1.74 bits per heavy atom. The first-order valence-electron chi connectivity index (χ1n) is 15.7. The van der Waals surface area contributed by atoms with Crippen molar-refractivity contribution in [1.82, 2.24) is 0 Å². The standard InChI is InChI=1S/C37H48O5/c1-5-6-7-8-9-10-11-27-40-34-23-19-31(20-24-34)30-15-17-32(18-16-30)37(39)42-35-25-21-33(22-26-35)36(38)41-29(4)14-12-13-28(2)3/h15-26,28-29H,5-14,27H2,1-4H3/t29-/m1/s1. The lowest BCUT2D eigenvalue weighted by molar-refractivity contribution is 0.0318. The summed E-state index contributed by atoms with van der Waals surface area (Å²) in [5, 5.41) is 0. The summed E-state index contributed by atoms with van der Waals surface area (Å²) in [6.45, 7) is 9.28. The Bertz CT molecular complexity index is 1200. The van der Waals surface area contributed by atoms with Gasteiger partial charge in [-0.25, -0.2) is 9.59 Å². The van der Waals surface area contributed by atoms with E-state index in [0.29, 0.717) is 22.8 Å². The molecule has 0 radical (unpaired) electrons. The Hall–Kier alpha value is -3.60. The molecule has 3 rings (SSSR count). The minimum atomic E-state index is -0.454. The van der Waals surface area contributed by atoms with Crippen molar-refractivity contribution in [3.8, 4) is 22.6 Å². The fraction of sp³-hybridized carbons (Fsp3) is 0.459. The number of carbonyl (C=O) groups is 2. The second-order valence-electron chi connectivity index (χ2n) is 11.5. The van der Waals surface area contributed by atoms with Crippen LogP contribution in [-0.4, -0.2) is 24.6 Å². The van der Waals surface area contributed by atoms with Gasteiger partial charge >= 0.3 is 11.9 Å². The molecule has 0 unspecified atom stereocenters. The molecule has 226 valence electrons. The molecule has 0 fully saturated rings. The number of ether oxygens (including phenoxy) is 3. The van der Waals surface area contributed by atoms with Gasteiger partial charge < -0.3 is 14.2 Å². The van der Waals surface area contributed by atoms with Crippen LogP contribution in [0.2, 0.25) is 0 Å². The van der Waals surface area contributed by atoms with Crippen molar-refractivity contribution in [3.63, 3.8) is 0 Å². The average molecular weight is 573 g/mol. The van der Waals surface area contributed by atoms with E-state index >= 15 is 0 Å². The monoisotopic (exact) mass is 572 g/mol. The lowest BCUT2D eigenvalue weighted by Crippen LogP contribution is -2.15. The number of hydrogen-bond acceptors (Lipinski definition) is 5. The van der Waals surface area contributed by atoms with Crippen LogP contribution >= 0.6 is 0 Å². The highest BCUT2D eigenvalue weighted by atomic mass is 16.5. The molecule has 3 aromatic rings. The molecule has 42 heavy (non-hydrogen) atoms. The fourth-order valence-corrected chi connectivity index (χ4v) is 4.74. The van der Waals surface area contributed by atoms with Gasteiger partial charge in [-0.3, -0.25) is 0 Å². The van der Waals surface area contributed by atoms with Crippen molar-refractivity contribution in [2.24, 2.45) is 5.92 Å². The van der Waals surface area contributed by atoms with Gasteiger partial charge in [0.05, 0.1) is 23.8 Å². The highest BCUT2D eigenvalue weighted by molar-refractivity contribution is 5.92. The second kappa shape index (κ2) is 18.0. The largest absolute Gasteiger partial charge is 0.494 e. The van der Waals surface area contributed by atoms with Crippen LogP contribution in [0.3, 0.4) is 0 Å². The van der Waals surface area contributed by atoms with Crippen LogP contribution in [0, 0.1) is 5.92 Å². The average Bonchev–Trinajstić information content (AvgIpc) is 2.99. The van der Waals surface area contributed by atoms with Gasteiger partial charge in [0, 0.05) is 0 Å². The number of esters is 2. The summed E-state index contributed by atoms with van der Waals surface area (Å²) in [6.07, 6.45) is 11.7. The van der Waals surface area contributed by atoms with E-state index in [-0.39, 0.29) is 12.1 Å². The van der Waals surface area contributed by atoms with Crippen molar-refractivity contribution < 1.29 is 23.8 Å². The maximum absolute atomic E-state index is 12.7. The van der Waals surface area contributed by atoms with Crippen LogP contribution in [0.4, 0.5) is 0 Å². The first-order valence-corrected chi connectivity index (χ1v) is 15.7. The molecule has 0 saturated heterocycles. The van der Waals surface area contributed by atoms with Gasteiger partial charge in [0.1, 0.15) is 11.5 Å². The number of carbonyl (C=O) groups excluding carboxylic acids is 2. The minimum absolute atomic E-state index is 0.136. The Morgan fingerprint density at radius 1 is 0.595 bits per heavy atom. The van der Waals surface area contributed by atoms with Gasteiger partial charge in [-0.2, -0.15) is 0 Å². The Balaban J connectivity index is 1.43. The second-order valence-corrected chi connectivity index (χ2v) is 11.5. The highest BCUT2D eigenvalue weighted by Gasteiger charge is 2.14. The molecule has 1 atom stereocenters. The third-order valence-corrected chi connectivity index (χ3v) is 7.33. The zero-order valence-corrected chi connectivity index (χ0v) is 25.9. The quantitative estimate of drug-likeness (QED) is 0.0862.